The third kappa shape index (κ3) is 3.83. The highest BCUT2D eigenvalue weighted by molar-refractivity contribution is 5.84. The predicted molar refractivity (Wildman–Crippen MR) is 40.7 cm³/mol. The van der Waals surface area contributed by atoms with Crippen LogP contribution in [0.4, 0.5) is 0 Å². The lowest BCUT2D eigenvalue weighted by Gasteiger charge is -2.15. The predicted octanol–water partition coefficient (Wildman–Crippen LogP) is -2.44. The van der Waals surface area contributed by atoms with E-state index < -0.39 is 36.6 Å². The van der Waals surface area contributed by atoms with Crippen LogP contribution in [0.5, 0.6) is 0 Å². The standard InChI is InChI=1S/C6H9NO7/c8-2(9)1-7-3(5(11)12)4(10)6(13)14/h3-4,7,10H,1H2,(H,8,9)(H,11,12)(H,13,14)/t3-,4+/m0/s1. The summed E-state index contributed by atoms with van der Waals surface area (Å²) in [5.74, 6) is -4.73. The first-order chi connectivity index (χ1) is 6.36. The van der Waals surface area contributed by atoms with Crippen LogP contribution in [0, 0.1) is 0 Å². The number of carboxylic acid groups (broad SMARTS) is 3. The van der Waals surface area contributed by atoms with Crippen LogP contribution in [0.1, 0.15) is 0 Å². The highest BCUT2D eigenvalue weighted by Gasteiger charge is 2.31. The molecule has 0 aliphatic rings. The summed E-state index contributed by atoms with van der Waals surface area (Å²) in [6, 6.07) is -1.84. The van der Waals surface area contributed by atoms with Crippen LogP contribution in [0.25, 0.3) is 0 Å². The van der Waals surface area contributed by atoms with E-state index in [1.807, 2.05) is 5.32 Å². The zero-order chi connectivity index (χ0) is 11.3. The Hall–Kier alpha value is -1.67. The lowest BCUT2D eigenvalue weighted by atomic mass is 10.1. The second kappa shape index (κ2) is 5.14. The van der Waals surface area contributed by atoms with Gasteiger partial charge in [0.05, 0.1) is 6.54 Å². The van der Waals surface area contributed by atoms with E-state index >= 15 is 0 Å². The number of hydrogen-bond donors (Lipinski definition) is 5. The molecule has 0 unspecified atom stereocenters. The van der Waals surface area contributed by atoms with E-state index in [9.17, 15) is 14.4 Å². The van der Waals surface area contributed by atoms with Gasteiger partial charge < -0.3 is 20.4 Å². The van der Waals surface area contributed by atoms with Crippen LogP contribution in [0.2, 0.25) is 0 Å². The van der Waals surface area contributed by atoms with E-state index in [1.165, 1.54) is 0 Å². The number of rotatable bonds is 6. The number of aliphatic carboxylic acids is 3. The molecule has 0 spiro atoms. The van der Waals surface area contributed by atoms with Gasteiger partial charge in [0, 0.05) is 0 Å². The molecule has 0 aliphatic heterocycles. The van der Waals surface area contributed by atoms with Crippen LogP contribution in [0.3, 0.4) is 0 Å². The molecule has 80 valence electrons. The normalized spacial score (nSPS) is 14.4. The molecule has 2 atom stereocenters. The number of carboxylic acids is 3. The summed E-state index contributed by atoms with van der Waals surface area (Å²) >= 11 is 0. The molecular weight excluding hydrogens is 198 g/mol. The van der Waals surface area contributed by atoms with Gasteiger partial charge in [0.2, 0.25) is 0 Å². The summed E-state index contributed by atoms with van der Waals surface area (Å²) < 4.78 is 0. The first-order valence-corrected chi connectivity index (χ1v) is 3.45. The van der Waals surface area contributed by atoms with Crippen LogP contribution < -0.4 is 5.32 Å². The maximum atomic E-state index is 10.4. The minimum Gasteiger partial charge on any atom is -0.480 e. The van der Waals surface area contributed by atoms with E-state index in [0.717, 1.165) is 0 Å². The van der Waals surface area contributed by atoms with Crippen molar-refractivity contribution in [3.8, 4) is 0 Å². The molecule has 0 aromatic rings. The van der Waals surface area contributed by atoms with Crippen molar-refractivity contribution in [2.75, 3.05) is 6.54 Å². The van der Waals surface area contributed by atoms with Gasteiger partial charge in [0.1, 0.15) is 6.04 Å². The Morgan fingerprint density at radius 3 is 1.86 bits per heavy atom. The topological polar surface area (TPSA) is 144 Å². The Balaban J connectivity index is 4.37. The molecule has 0 saturated carbocycles. The van der Waals surface area contributed by atoms with Gasteiger partial charge in [-0.1, -0.05) is 0 Å². The molecule has 0 fully saturated rings. The Kier molecular flexibility index (Phi) is 4.53. The fourth-order valence-electron chi connectivity index (χ4n) is 0.674. The highest BCUT2D eigenvalue weighted by atomic mass is 16.4. The average Bonchev–Trinajstić information content (AvgIpc) is 2.02. The Morgan fingerprint density at radius 1 is 1.07 bits per heavy atom. The molecule has 8 heteroatoms. The van der Waals surface area contributed by atoms with Crippen LogP contribution in [0.15, 0.2) is 0 Å². The summed E-state index contributed by atoms with van der Waals surface area (Å²) in [7, 11) is 0. The smallest absolute Gasteiger partial charge is 0.334 e. The zero-order valence-electron chi connectivity index (χ0n) is 6.88. The average molecular weight is 207 g/mol. The summed E-state index contributed by atoms with van der Waals surface area (Å²) in [5.41, 5.74) is 0. The lowest BCUT2D eigenvalue weighted by molar-refractivity contribution is -0.156. The van der Waals surface area contributed by atoms with Crippen LogP contribution in [-0.4, -0.2) is 57.0 Å². The van der Waals surface area contributed by atoms with Crippen LogP contribution >= 0.6 is 0 Å². The molecule has 0 rings (SSSR count). The van der Waals surface area contributed by atoms with Gasteiger partial charge in [-0.3, -0.25) is 14.9 Å². The molecule has 0 heterocycles. The second-order valence-corrected chi connectivity index (χ2v) is 2.37. The number of nitrogens with one attached hydrogen (secondary N) is 1. The van der Waals surface area contributed by atoms with Gasteiger partial charge in [-0.15, -0.1) is 0 Å². The molecule has 0 bridgehead atoms. The maximum absolute atomic E-state index is 10.4. The summed E-state index contributed by atoms with van der Waals surface area (Å²) in [6.07, 6.45) is -2.19. The minimum absolute atomic E-state index is 0.749. The second-order valence-electron chi connectivity index (χ2n) is 2.37. The summed E-state index contributed by atoms with van der Waals surface area (Å²) in [5, 5.41) is 35.6. The molecule has 0 aromatic carbocycles. The van der Waals surface area contributed by atoms with E-state index in [1.54, 1.807) is 0 Å². The van der Waals surface area contributed by atoms with E-state index in [2.05, 4.69) is 0 Å². The molecule has 0 aliphatic carbocycles. The van der Waals surface area contributed by atoms with Gasteiger partial charge in [0.25, 0.3) is 0 Å². The highest BCUT2D eigenvalue weighted by Crippen LogP contribution is 1.94. The summed E-state index contributed by atoms with van der Waals surface area (Å²) in [4.78, 5) is 30.6. The van der Waals surface area contributed by atoms with Crippen molar-refractivity contribution in [1.29, 1.82) is 0 Å². The first-order valence-electron chi connectivity index (χ1n) is 3.45. The number of carbonyl (C=O) groups is 3. The Labute approximate surface area is 77.8 Å². The van der Waals surface area contributed by atoms with Crippen molar-refractivity contribution in [1.82, 2.24) is 5.32 Å². The van der Waals surface area contributed by atoms with Crippen molar-refractivity contribution < 1.29 is 34.8 Å². The van der Waals surface area contributed by atoms with Gasteiger partial charge in [0.15, 0.2) is 6.10 Å². The van der Waals surface area contributed by atoms with E-state index in [-0.39, 0.29) is 0 Å². The molecule has 0 saturated heterocycles. The van der Waals surface area contributed by atoms with Gasteiger partial charge >= 0.3 is 17.9 Å². The fourth-order valence-corrected chi connectivity index (χ4v) is 0.674. The van der Waals surface area contributed by atoms with Crippen molar-refractivity contribution >= 4 is 17.9 Å². The van der Waals surface area contributed by atoms with Gasteiger partial charge in [-0.2, -0.15) is 0 Å². The first kappa shape index (κ1) is 12.3. The monoisotopic (exact) mass is 207 g/mol. The summed E-state index contributed by atoms with van der Waals surface area (Å²) in [6.45, 7) is -0.749. The van der Waals surface area contributed by atoms with Crippen molar-refractivity contribution in [2.24, 2.45) is 0 Å². The molecule has 14 heavy (non-hydrogen) atoms. The molecule has 0 radical (unpaired) electrons. The van der Waals surface area contributed by atoms with Crippen molar-refractivity contribution in [3.05, 3.63) is 0 Å². The van der Waals surface area contributed by atoms with Crippen molar-refractivity contribution in [3.63, 3.8) is 0 Å². The largest absolute Gasteiger partial charge is 0.480 e. The van der Waals surface area contributed by atoms with Gasteiger partial charge in [-0.05, 0) is 0 Å². The fraction of sp³-hybridized carbons (Fsp3) is 0.500. The molecule has 8 nitrogen and oxygen atoms in total. The number of aliphatic hydroxyl groups is 1. The Bertz CT molecular complexity index is 251. The molecule has 0 amide bonds. The molecule has 5 N–H and O–H groups in total. The quantitative estimate of drug-likeness (QED) is 0.323. The third-order valence-corrected chi connectivity index (χ3v) is 1.31. The minimum atomic E-state index is -2.19. The van der Waals surface area contributed by atoms with Crippen LogP contribution in [-0.2, 0) is 14.4 Å². The number of hydrogen-bond acceptors (Lipinski definition) is 5. The Morgan fingerprint density at radius 2 is 1.57 bits per heavy atom. The van der Waals surface area contributed by atoms with E-state index in [0.29, 0.717) is 0 Å². The zero-order valence-corrected chi connectivity index (χ0v) is 6.88. The maximum Gasteiger partial charge on any atom is 0.334 e. The lowest BCUT2D eigenvalue weighted by Crippen LogP contribution is -2.51. The molecule has 0 aromatic heterocycles. The molecular formula is C6H9NO7. The SMILES string of the molecule is O=C(O)CN[C@H](C(=O)O)[C@@H](O)C(=O)O. The van der Waals surface area contributed by atoms with Gasteiger partial charge in [-0.25, -0.2) is 4.79 Å². The third-order valence-electron chi connectivity index (χ3n) is 1.31. The number of aliphatic hydroxyl groups excluding tert-OH is 1. The van der Waals surface area contributed by atoms with Crippen molar-refractivity contribution in [2.45, 2.75) is 12.1 Å². The van der Waals surface area contributed by atoms with E-state index in [4.69, 9.17) is 20.4 Å².